The van der Waals surface area contributed by atoms with Gasteiger partial charge in [0.1, 0.15) is 0 Å². The van der Waals surface area contributed by atoms with Crippen LogP contribution in [0, 0.1) is 5.92 Å². The van der Waals surface area contributed by atoms with Gasteiger partial charge in [0.25, 0.3) is 0 Å². The smallest absolute Gasteiger partial charge is 0.230 e. The Hall–Kier alpha value is -1.33. The van der Waals surface area contributed by atoms with Gasteiger partial charge in [-0.2, -0.15) is 0 Å². The molecule has 2 aliphatic rings. The van der Waals surface area contributed by atoms with Gasteiger partial charge in [-0.1, -0.05) is 30.5 Å². The minimum absolute atomic E-state index is 0.00603. The van der Waals surface area contributed by atoms with Crippen LogP contribution in [0.1, 0.15) is 25.7 Å². The molecule has 22 heavy (non-hydrogen) atoms. The Labute approximate surface area is 135 Å². The van der Waals surface area contributed by atoms with Gasteiger partial charge in [0.05, 0.1) is 11.8 Å². The number of hydrogen-bond acceptors (Lipinski definition) is 3. The van der Waals surface area contributed by atoms with Crippen molar-refractivity contribution in [2.75, 3.05) is 10.7 Å². The van der Waals surface area contributed by atoms with Crippen molar-refractivity contribution in [1.29, 1.82) is 0 Å². The number of carbonyl (C=O) groups is 1. The first-order valence-corrected chi connectivity index (χ1v) is 9.55. The van der Waals surface area contributed by atoms with Crippen LogP contribution in [0.2, 0.25) is 5.02 Å². The van der Waals surface area contributed by atoms with E-state index in [1.165, 1.54) is 5.41 Å². The molecule has 0 spiro atoms. The van der Waals surface area contributed by atoms with Crippen LogP contribution in [-0.2, 0) is 14.6 Å². The van der Waals surface area contributed by atoms with Gasteiger partial charge in [-0.05, 0) is 37.1 Å². The molecule has 1 saturated carbocycles. The summed E-state index contributed by atoms with van der Waals surface area (Å²) < 4.78 is 23.5. The Morgan fingerprint density at radius 1 is 1.23 bits per heavy atom. The number of nitrogens with zero attached hydrogens (tertiary/aromatic N) is 1. The summed E-state index contributed by atoms with van der Waals surface area (Å²) in [4.78, 5) is 14.5. The Morgan fingerprint density at radius 2 is 1.95 bits per heavy atom. The monoisotopic (exact) mass is 339 g/mol. The molecular weight excluding hydrogens is 322 g/mol. The van der Waals surface area contributed by atoms with Crippen LogP contribution in [0.4, 0.5) is 5.69 Å². The van der Waals surface area contributed by atoms with Crippen molar-refractivity contribution in [2.45, 2.75) is 31.7 Å². The third-order valence-electron chi connectivity index (χ3n) is 4.27. The van der Waals surface area contributed by atoms with Crippen LogP contribution >= 0.6 is 11.6 Å². The van der Waals surface area contributed by atoms with Gasteiger partial charge in [-0.25, -0.2) is 8.42 Å². The first kappa shape index (κ1) is 15.6. The zero-order valence-electron chi connectivity index (χ0n) is 12.1. The summed E-state index contributed by atoms with van der Waals surface area (Å²) in [6, 6.07) is 6.59. The van der Waals surface area contributed by atoms with E-state index < -0.39 is 15.9 Å². The summed E-state index contributed by atoms with van der Waals surface area (Å²) in [5.74, 6) is -0.0694. The second kappa shape index (κ2) is 6.05. The number of benzene rings is 1. The van der Waals surface area contributed by atoms with Gasteiger partial charge in [0.15, 0.2) is 9.84 Å². The highest BCUT2D eigenvalue weighted by Crippen LogP contribution is 2.32. The van der Waals surface area contributed by atoms with Gasteiger partial charge in [-0.3, -0.25) is 4.79 Å². The average Bonchev–Trinajstić information content (AvgIpc) is 3.09. The molecule has 0 N–H and O–H groups in total. The molecule has 118 valence electrons. The Kier molecular flexibility index (Phi) is 4.28. The molecule has 0 aromatic heterocycles. The van der Waals surface area contributed by atoms with Crippen molar-refractivity contribution < 1.29 is 13.2 Å². The number of hydrogen-bond donors (Lipinski definition) is 0. The predicted molar refractivity (Wildman–Crippen MR) is 87.6 cm³/mol. The minimum atomic E-state index is -3.22. The van der Waals surface area contributed by atoms with E-state index >= 15 is 0 Å². The third-order valence-corrected chi connectivity index (χ3v) is 5.88. The quantitative estimate of drug-likeness (QED) is 0.850. The van der Waals surface area contributed by atoms with E-state index in [1.807, 2.05) is 0 Å². The zero-order valence-corrected chi connectivity index (χ0v) is 13.7. The lowest BCUT2D eigenvalue weighted by Crippen LogP contribution is -2.44. The fraction of sp³-hybridized carbons (Fsp3) is 0.438. The lowest BCUT2D eigenvalue weighted by molar-refractivity contribution is -0.122. The molecule has 1 atom stereocenters. The molecule has 0 radical (unpaired) electrons. The number of carbonyl (C=O) groups excluding carboxylic acids is 1. The summed E-state index contributed by atoms with van der Waals surface area (Å²) in [6.07, 6.45) is 5.46. The van der Waals surface area contributed by atoms with Crippen molar-refractivity contribution in [3.63, 3.8) is 0 Å². The molecule has 1 fully saturated rings. The minimum Gasteiger partial charge on any atom is -0.304 e. The summed E-state index contributed by atoms with van der Waals surface area (Å²) in [7, 11) is -3.22. The first-order chi connectivity index (χ1) is 10.5. The van der Waals surface area contributed by atoms with Gasteiger partial charge >= 0.3 is 0 Å². The zero-order chi connectivity index (χ0) is 15.7. The molecule has 3 rings (SSSR count). The number of amides is 1. The van der Waals surface area contributed by atoms with E-state index in [4.69, 9.17) is 11.6 Å². The standard InChI is InChI=1S/C16H18ClNO3S/c17-13-6-3-7-14(10-13)18(15-8-9-22(20,21)11-15)16(19)12-4-1-2-5-12/h3,6-10,12,15H,1-2,4-5,11H2/t15-/m1/s1. The van der Waals surface area contributed by atoms with Crippen LogP contribution < -0.4 is 4.90 Å². The van der Waals surface area contributed by atoms with Gasteiger partial charge in [0, 0.05) is 22.0 Å². The first-order valence-electron chi connectivity index (χ1n) is 7.46. The van der Waals surface area contributed by atoms with E-state index in [0.717, 1.165) is 25.7 Å². The Balaban J connectivity index is 1.95. The third kappa shape index (κ3) is 3.20. The van der Waals surface area contributed by atoms with Crippen LogP contribution in [0.5, 0.6) is 0 Å². The molecule has 1 aromatic rings. The molecule has 0 unspecified atom stereocenters. The van der Waals surface area contributed by atoms with Crippen molar-refractivity contribution in [3.05, 3.63) is 40.8 Å². The average molecular weight is 340 g/mol. The molecular formula is C16H18ClNO3S. The molecule has 0 saturated heterocycles. The van der Waals surface area contributed by atoms with E-state index in [-0.39, 0.29) is 17.6 Å². The lowest BCUT2D eigenvalue weighted by Gasteiger charge is -2.30. The summed E-state index contributed by atoms with van der Waals surface area (Å²) in [5.41, 5.74) is 0.663. The van der Waals surface area contributed by atoms with Gasteiger partial charge in [-0.15, -0.1) is 0 Å². The van der Waals surface area contributed by atoms with E-state index in [1.54, 1.807) is 35.2 Å². The topological polar surface area (TPSA) is 54.5 Å². The summed E-state index contributed by atoms with van der Waals surface area (Å²) >= 11 is 6.04. The van der Waals surface area contributed by atoms with Crippen molar-refractivity contribution >= 4 is 33.0 Å². The largest absolute Gasteiger partial charge is 0.304 e. The van der Waals surface area contributed by atoms with E-state index in [0.29, 0.717) is 10.7 Å². The van der Waals surface area contributed by atoms with Crippen LogP contribution in [0.3, 0.4) is 0 Å². The van der Waals surface area contributed by atoms with Crippen molar-refractivity contribution in [3.8, 4) is 0 Å². The molecule has 1 heterocycles. The van der Waals surface area contributed by atoms with Crippen molar-refractivity contribution in [1.82, 2.24) is 0 Å². The highest BCUT2D eigenvalue weighted by Gasteiger charge is 2.35. The van der Waals surface area contributed by atoms with Crippen LogP contribution in [-0.4, -0.2) is 26.1 Å². The Morgan fingerprint density at radius 3 is 2.55 bits per heavy atom. The second-order valence-electron chi connectivity index (χ2n) is 5.89. The number of halogens is 1. The lowest BCUT2D eigenvalue weighted by atomic mass is 10.0. The molecule has 1 aromatic carbocycles. The molecule has 4 nitrogen and oxygen atoms in total. The number of sulfone groups is 1. The molecule has 6 heteroatoms. The van der Waals surface area contributed by atoms with Gasteiger partial charge in [0.2, 0.25) is 5.91 Å². The molecule has 1 aliphatic carbocycles. The molecule has 1 aliphatic heterocycles. The predicted octanol–water partition coefficient (Wildman–Crippen LogP) is 3.17. The fourth-order valence-electron chi connectivity index (χ4n) is 3.20. The highest BCUT2D eigenvalue weighted by atomic mass is 35.5. The van der Waals surface area contributed by atoms with E-state index in [2.05, 4.69) is 0 Å². The maximum atomic E-state index is 12.9. The molecule has 1 amide bonds. The second-order valence-corrected chi connectivity index (χ2v) is 8.26. The van der Waals surface area contributed by atoms with Crippen LogP contribution in [0.25, 0.3) is 0 Å². The maximum absolute atomic E-state index is 12.9. The van der Waals surface area contributed by atoms with Crippen molar-refractivity contribution in [2.24, 2.45) is 5.92 Å². The maximum Gasteiger partial charge on any atom is 0.230 e. The molecule has 0 bridgehead atoms. The normalized spacial score (nSPS) is 23.8. The summed E-state index contributed by atoms with van der Waals surface area (Å²) in [6.45, 7) is 0. The summed E-state index contributed by atoms with van der Waals surface area (Å²) in [5, 5.41) is 1.74. The Bertz CT molecular complexity index is 708. The fourth-order valence-corrected chi connectivity index (χ4v) is 4.65. The van der Waals surface area contributed by atoms with E-state index in [9.17, 15) is 13.2 Å². The number of anilines is 1. The van der Waals surface area contributed by atoms with Gasteiger partial charge < -0.3 is 4.90 Å². The van der Waals surface area contributed by atoms with Crippen LogP contribution in [0.15, 0.2) is 35.7 Å². The number of rotatable bonds is 3. The SMILES string of the molecule is O=C(C1CCCC1)N(c1cccc(Cl)c1)[C@@H]1C=CS(=O)(=O)C1. The highest BCUT2D eigenvalue weighted by molar-refractivity contribution is 7.94.